The van der Waals surface area contributed by atoms with Gasteiger partial charge in [0.2, 0.25) is 17.7 Å². The molecular formula is C50H82N4O20. The zero-order valence-electron chi connectivity index (χ0n) is 43.8. The molecule has 0 aromatic heterocycles. The number of carbonyl (C=O) groups excluding carboxylic acids is 6. The number of ether oxygens (including phenoxy) is 14. The number of amides is 6. The van der Waals surface area contributed by atoms with E-state index in [1.54, 1.807) is 12.1 Å². The van der Waals surface area contributed by atoms with Crippen LogP contribution in [0.4, 0.5) is 10.5 Å². The van der Waals surface area contributed by atoms with Crippen LogP contribution in [-0.2, 0) is 80.7 Å². The van der Waals surface area contributed by atoms with E-state index in [4.69, 9.17) is 66.3 Å². The van der Waals surface area contributed by atoms with Crippen molar-refractivity contribution in [3.8, 4) is 0 Å². The van der Waals surface area contributed by atoms with E-state index in [2.05, 4.69) is 16.0 Å². The lowest BCUT2D eigenvalue weighted by atomic mass is 10.0. The normalized spacial score (nSPS) is 14.7. The minimum atomic E-state index is -1.08. The Labute approximate surface area is 434 Å². The zero-order valence-corrected chi connectivity index (χ0v) is 43.8. The number of nitrogens with one attached hydrogen (secondary N) is 3. The molecule has 422 valence electrons. The zero-order chi connectivity index (χ0) is 53.3. The maximum atomic E-state index is 13.2. The molecule has 6 amide bonds. The van der Waals surface area contributed by atoms with Crippen LogP contribution >= 0.6 is 0 Å². The topological polar surface area (TPSA) is 271 Å². The summed E-state index contributed by atoms with van der Waals surface area (Å²) in [6.45, 7) is 17.6. The summed E-state index contributed by atoms with van der Waals surface area (Å²) < 4.78 is 76.6. The summed E-state index contributed by atoms with van der Waals surface area (Å²) in [5, 5.41) is 7.53. The van der Waals surface area contributed by atoms with Crippen molar-refractivity contribution in [2.45, 2.75) is 70.9 Å². The summed E-state index contributed by atoms with van der Waals surface area (Å²) in [7, 11) is 0. The Hall–Kier alpha value is -4.28. The highest BCUT2D eigenvalue weighted by Gasteiger charge is 2.45. The van der Waals surface area contributed by atoms with Crippen LogP contribution in [0.15, 0.2) is 18.2 Å². The molecule has 3 rings (SSSR count). The molecule has 2 aliphatic heterocycles. The van der Waals surface area contributed by atoms with Gasteiger partial charge in [0.05, 0.1) is 182 Å². The molecule has 0 aliphatic carbocycles. The van der Waals surface area contributed by atoms with E-state index in [1.165, 1.54) is 6.07 Å². The van der Waals surface area contributed by atoms with Crippen LogP contribution in [0.3, 0.4) is 0 Å². The summed E-state index contributed by atoms with van der Waals surface area (Å²) in [6.07, 6.45) is 1.95. The first-order valence-corrected chi connectivity index (χ1v) is 25.6. The average molecular weight is 1060 g/mol. The van der Waals surface area contributed by atoms with Crippen molar-refractivity contribution in [1.82, 2.24) is 15.5 Å². The van der Waals surface area contributed by atoms with Crippen molar-refractivity contribution in [3.63, 3.8) is 0 Å². The fourth-order valence-electron chi connectivity index (χ4n) is 6.78. The van der Waals surface area contributed by atoms with E-state index in [9.17, 15) is 28.8 Å². The van der Waals surface area contributed by atoms with Crippen molar-refractivity contribution < 1.29 is 95.1 Å². The number of unbranched alkanes of at least 4 members (excludes halogenated alkanes) is 2. The SMILES string of the molecule is CC(C)(C)OC(=O)NCCOCCOCCOCCOCCOCCOCCOCCOCCOCCOCCOCCOCCOCCCCCC(=O)Nc1cccc2c1C(=O)N(C1CCC(=O)NC1=O)C2=O. The number of alkyl carbamates (subject to hydrolysis) is 1. The van der Waals surface area contributed by atoms with Gasteiger partial charge in [0.25, 0.3) is 11.8 Å². The van der Waals surface area contributed by atoms with Crippen LogP contribution in [0.25, 0.3) is 0 Å². The third-order valence-corrected chi connectivity index (χ3v) is 10.3. The Morgan fingerprint density at radius 1 is 0.541 bits per heavy atom. The van der Waals surface area contributed by atoms with Crippen LogP contribution in [0.2, 0.25) is 0 Å². The first-order valence-electron chi connectivity index (χ1n) is 25.6. The number of rotatable bonds is 47. The lowest BCUT2D eigenvalue weighted by molar-refractivity contribution is -0.136. The Morgan fingerprint density at radius 3 is 1.35 bits per heavy atom. The molecule has 0 spiro atoms. The minimum Gasteiger partial charge on any atom is -0.444 e. The Kier molecular flexibility index (Phi) is 35.4. The summed E-state index contributed by atoms with van der Waals surface area (Å²) in [6, 6.07) is 3.52. The van der Waals surface area contributed by atoms with Gasteiger partial charge in [-0.1, -0.05) is 12.5 Å². The molecule has 24 heteroatoms. The Morgan fingerprint density at radius 2 is 0.946 bits per heavy atom. The summed E-state index contributed by atoms with van der Waals surface area (Å²) >= 11 is 0. The largest absolute Gasteiger partial charge is 0.444 e. The van der Waals surface area contributed by atoms with Crippen molar-refractivity contribution in [1.29, 1.82) is 0 Å². The number of benzene rings is 1. The van der Waals surface area contributed by atoms with Gasteiger partial charge in [0.15, 0.2) is 0 Å². The summed E-state index contributed by atoms with van der Waals surface area (Å²) in [4.78, 5) is 75.2. The van der Waals surface area contributed by atoms with Crippen LogP contribution in [0, 0.1) is 0 Å². The highest BCUT2D eigenvalue weighted by molar-refractivity contribution is 6.26. The third-order valence-electron chi connectivity index (χ3n) is 10.3. The quantitative estimate of drug-likeness (QED) is 0.0624. The maximum Gasteiger partial charge on any atom is 0.407 e. The Bertz CT molecular complexity index is 1740. The Balaban J connectivity index is 0.937. The number of carbonyl (C=O) groups is 6. The molecule has 3 N–H and O–H groups in total. The number of piperidine rings is 1. The van der Waals surface area contributed by atoms with Crippen molar-refractivity contribution in [2.75, 3.05) is 184 Å². The molecule has 2 heterocycles. The van der Waals surface area contributed by atoms with E-state index >= 15 is 0 Å². The van der Waals surface area contributed by atoms with Crippen molar-refractivity contribution in [3.05, 3.63) is 29.3 Å². The summed E-state index contributed by atoms with van der Waals surface area (Å²) in [5.74, 6) is -2.74. The first-order chi connectivity index (χ1) is 36.0. The van der Waals surface area contributed by atoms with Gasteiger partial charge in [-0.15, -0.1) is 0 Å². The van der Waals surface area contributed by atoms with Gasteiger partial charge in [0, 0.05) is 26.0 Å². The second-order valence-electron chi connectivity index (χ2n) is 17.4. The highest BCUT2D eigenvalue weighted by atomic mass is 16.6. The van der Waals surface area contributed by atoms with Crippen LogP contribution in [0.5, 0.6) is 0 Å². The van der Waals surface area contributed by atoms with Gasteiger partial charge in [-0.3, -0.25) is 34.2 Å². The van der Waals surface area contributed by atoms with Gasteiger partial charge in [0.1, 0.15) is 11.6 Å². The summed E-state index contributed by atoms with van der Waals surface area (Å²) in [5.41, 5.74) is -0.158. The predicted molar refractivity (Wildman–Crippen MR) is 265 cm³/mol. The lowest BCUT2D eigenvalue weighted by Gasteiger charge is -2.27. The van der Waals surface area contributed by atoms with Gasteiger partial charge in [-0.2, -0.15) is 0 Å². The molecule has 1 aromatic carbocycles. The molecule has 1 aromatic rings. The molecule has 0 bridgehead atoms. The first kappa shape index (κ1) is 64.0. The molecular weight excluding hydrogens is 977 g/mol. The average Bonchev–Trinajstić information content (AvgIpc) is 3.61. The molecule has 1 atom stereocenters. The number of hydrogen-bond donors (Lipinski definition) is 3. The maximum absolute atomic E-state index is 13.2. The predicted octanol–water partition coefficient (Wildman–Crippen LogP) is 2.33. The van der Waals surface area contributed by atoms with Crippen LogP contribution in [-0.4, -0.2) is 230 Å². The van der Waals surface area contributed by atoms with E-state index in [0.29, 0.717) is 185 Å². The number of hydrogen-bond acceptors (Lipinski definition) is 20. The van der Waals surface area contributed by atoms with Gasteiger partial charge in [-0.05, 0) is 52.2 Å². The van der Waals surface area contributed by atoms with Gasteiger partial charge >= 0.3 is 6.09 Å². The fourth-order valence-corrected chi connectivity index (χ4v) is 6.78. The molecule has 0 radical (unpaired) electrons. The third kappa shape index (κ3) is 30.3. The van der Waals surface area contributed by atoms with Gasteiger partial charge in [-0.25, -0.2) is 4.79 Å². The number of nitrogens with zero attached hydrogens (tertiary/aromatic N) is 1. The number of imide groups is 2. The second kappa shape index (κ2) is 41.0. The number of anilines is 1. The van der Waals surface area contributed by atoms with Gasteiger partial charge < -0.3 is 76.9 Å². The molecule has 24 nitrogen and oxygen atoms in total. The van der Waals surface area contributed by atoms with Crippen molar-refractivity contribution >= 4 is 41.3 Å². The smallest absolute Gasteiger partial charge is 0.407 e. The lowest BCUT2D eigenvalue weighted by Crippen LogP contribution is -2.54. The molecule has 2 aliphatic rings. The van der Waals surface area contributed by atoms with Crippen LogP contribution < -0.4 is 16.0 Å². The second-order valence-corrected chi connectivity index (χ2v) is 17.4. The molecule has 1 fully saturated rings. The van der Waals surface area contributed by atoms with Crippen LogP contribution in [0.1, 0.15) is 80.0 Å². The molecule has 74 heavy (non-hydrogen) atoms. The van der Waals surface area contributed by atoms with E-state index in [0.717, 1.165) is 17.7 Å². The number of fused-ring (bicyclic) bond motifs is 1. The molecule has 1 saturated heterocycles. The highest BCUT2D eigenvalue weighted by Crippen LogP contribution is 2.32. The fraction of sp³-hybridized carbons (Fsp3) is 0.760. The standard InChI is InChI=1S/C50H82N4O20/c1-50(2,3)74-49(60)51-13-15-62-17-19-64-21-23-66-25-27-68-29-31-70-33-35-72-37-39-73-38-36-71-34-32-69-30-28-67-26-24-65-22-20-63-18-16-61-14-6-4-5-10-43(55)52-41-9-7-8-40-45(41)48(59)54(47(40)58)42-11-12-44(56)53-46(42)57/h7-9,42H,4-6,10-39H2,1-3H3,(H,51,60)(H,52,55)(H,53,56,57). The van der Waals surface area contributed by atoms with Crippen molar-refractivity contribution in [2.24, 2.45) is 0 Å². The van der Waals surface area contributed by atoms with E-state index in [1.807, 2.05) is 20.8 Å². The van der Waals surface area contributed by atoms with E-state index in [-0.39, 0.29) is 42.0 Å². The minimum absolute atomic E-state index is 0.0233. The van der Waals surface area contributed by atoms with E-state index < -0.39 is 41.4 Å². The monoisotopic (exact) mass is 1060 g/mol. The molecule has 1 unspecified atom stereocenters. The molecule has 0 saturated carbocycles.